The summed E-state index contributed by atoms with van der Waals surface area (Å²) in [5.41, 5.74) is 0. The third-order valence-corrected chi connectivity index (χ3v) is 1.01. The molecule has 0 aromatic carbocycles. The van der Waals surface area contributed by atoms with E-state index >= 15 is 0 Å². The van der Waals surface area contributed by atoms with E-state index in [1.165, 1.54) is 0 Å². The molecule has 0 aliphatic carbocycles. The predicted molar refractivity (Wildman–Crippen MR) is 36.6 cm³/mol. The van der Waals surface area contributed by atoms with Crippen LogP contribution in [0.3, 0.4) is 0 Å². The Kier molecular flexibility index (Phi) is 9.63. The van der Waals surface area contributed by atoms with Crippen LogP contribution in [0.15, 0.2) is 12.3 Å². The molecule has 1 rings (SSSR count). The van der Waals surface area contributed by atoms with Crippen molar-refractivity contribution in [3.05, 3.63) is 18.7 Å². The van der Waals surface area contributed by atoms with Crippen molar-refractivity contribution < 1.29 is 21.8 Å². The molecule has 0 aromatic rings. The third kappa shape index (κ3) is 5.14. The number of allylic oxidation sites excluding steroid dienone is 1. The van der Waals surface area contributed by atoms with Crippen molar-refractivity contribution in [2.24, 2.45) is 0 Å². The van der Waals surface area contributed by atoms with E-state index < -0.39 is 0 Å². The normalized spacial score (nSPS) is 15.0. The molecule has 0 spiro atoms. The van der Waals surface area contributed by atoms with E-state index in [0.29, 0.717) is 0 Å². The average Bonchev–Trinajstić information content (AvgIpc) is 1.94. The van der Waals surface area contributed by atoms with Crippen LogP contribution in [0.5, 0.6) is 0 Å². The maximum absolute atomic E-state index is 10.5. The molecular formula is C6H8BrMgNO. The number of halogens is 1. The number of hydrogen-bond acceptors (Lipinski definition) is 1. The summed E-state index contributed by atoms with van der Waals surface area (Å²) in [6.07, 6.45) is 7.12. The van der Waals surface area contributed by atoms with Crippen LogP contribution in [0.1, 0.15) is 12.8 Å². The molecular weight excluding hydrogens is 206 g/mol. The Morgan fingerprint density at radius 1 is 1.60 bits per heavy atom. The van der Waals surface area contributed by atoms with Gasteiger partial charge in [-0.2, -0.15) is 6.42 Å². The van der Waals surface area contributed by atoms with Crippen molar-refractivity contribution in [1.82, 2.24) is 5.32 Å². The van der Waals surface area contributed by atoms with Gasteiger partial charge < -0.3 is 33.5 Å². The molecule has 0 saturated carbocycles. The van der Waals surface area contributed by atoms with Crippen LogP contribution in [-0.4, -0.2) is 29.0 Å². The predicted octanol–water partition coefficient (Wildman–Crippen LogP) is -2.76. The fourth-order valence-electron chi connectivity index (χ4n) is 0.594. The van der Waals surface area contributed by atoms with Crippen LogP contribution >= 0.6 is 0 Å². The first-order valence-corrected chi connectivity index (χ1v) is 2.68. The molecule has 0 aromatic heterocycles. The van der Waals surface area contributed by atoms with Gasteiger partial charge in [0.25, 0.3) is 0 Å². The summed E-state index contributed by atoms with van der Waals surface area (Å²) >= 11 is 0. The van der Waals surface area contributed by atoms with Crippen LogP contribution in [0.2, 0.25) is 0 Å². The van der Waals surface area contributed by atoms with Gasteiger partial charge in [-0.05, 0) is 6.20 Å². The van der Waals surface area contributed by atoms with Gasteiger partial charge in [0, 0.05) is 0 Å². The first-order valence-electron chi connectivity index (χ1n) is 2.68. The maximum atomic E-state index is 10.5. The number of carbonyl (C=O) groups is 1. The molecule has 0 radical (unpaired) electrons. The Balaban J connectivity index is 0. The fourth-order valence-corrected chi connectivity index (χ4v) is 0.594. The molecule has 0 unspecified atom stereocenters. The first kappa shape index (κ1) is 13.0. The smallest absolute Gasteiger partial charge is 1.00 e. The second kappa shape index (κ2) is 7.43. The van der Waals surface area contributed by atoms with Crippen LogP contribution in [-0.2, 0) is 4.79 Å². The molecule has 0 bridgehead atoms. The molecule has 52 valence electrons. The van der Waals surface area contributed by atoms with Gasteiger partial charge in [0.1, 0.15) is 0 Å². The van der Waals surface area contributed by atoms with E-state index in [1.54, 1.807) is 12.6 Å². The molecule has 1 aliphatic heterocycles. The molecule has 0 atom stereocenters. The Morgan fingerprint density at radius 3 is 3.00 bits per heavy atom. The van der Waals surface area contributed by atoms with Crippen molar-refractivity contribution in [3.8, 4) is 0 Å². The van der Waals surface area contributed by atoms with Gasteiger partial charge in [0.2, 0.25) is 0 Å². The van der Waals surface area contributed by atoms with Gasteiger partial charge in [-0.1, -0.05) is 12.5 Å². The van der Waals surface area contributed by atoms with Crippen molar-refractivity contribution in [1.29, 1.82) is 0 Å². The summed E-state index contributed by atoms with van der Waals surface area (Å²) in [6.45, 7) is 0. The van der Waals surface area contributed by atoms with Crippen molar-refractivity contribution in [2.75, 3.05) is 0 Å². The topological polar surface area (TPSA) is 29.1 Å². The van der Waals surface area contributed by atoms with E-state index in [4.69, 9.17) is 0 Å². The Labute approximate surface area is 87.4 Å². The van der Waals surface area contributed by atoms with Gasteiger partial charge >= 0.3 is 23.1 Å². The van der Waals surface area contributed by atoms with Gasteiger partial charge in [0.15, 0.2) is 0 Å². The van der Waals surface area contributed by atoms with Crippen LogP contribution in [0, 0.1) is 6.42 Å². The number of carbonyl (C=O) groups excluding carboxylic acids is 1. The maximum Gasteiger partial charge on any atom is 2.00 e. The van der Waals surface area contributed by atoms with E-state index in [9.17, 15) is 4.79 Å². The van der Waals surface area contributed by atoms with Gasteiger partial charge in [0.05, 0.1) is 5.91 Å². The van der Waals surface area contributed by atoms with E-state index in [0.717, 1.165) is 12.8 Å². The molecule has 1 amide bonds. The summed E-state index contributed by atoms with van der Waals surface area (Å²) in [7, 11) is 0. The number of amides is 1. The van der Waals surface area contributed by atoms with Crippen LogP contribution < -0.4 is 22.3 Å². The number of nitrogens with one attached hydrogen (secondary N) is 1. The molecule has 4 heteroatoms. The Bertz CT molecular complexity index is 127. The van der Waals surface area contributed by atoms with Crippen molar-refractivity contribution in [3.63, 3.8) is 0 Å². The molecule has 0 fully saturated rings. The molecule has 1 N–H and O–H groups in total. The van der Waals surface area contributed by atoms with Gasteiger partial charge in [-0.25, -0.2) is 0 Å². The second-order valence-corrected chi connectivity index (χ2v) is 1.69. The summed E-state index contributed by atoms with van der Waals surface area (Å²) in [4.78, 5) is 10.5. The second-order valence-electron chi connectivity index (χ2n) is 1.69. The zero-order valence-corrected chi connectivity index (χ0v) is 8.64. The molecule has 10 heavy (non-hydrogen) atoms. The third-order valence-electron chi connectivity index (χ3n) is 1.01. The molecule has 1 heterocycles. The standard InChI is InChI=1S/C6H8NO.BrH.Mg/c8-6-4-2-1-3-5-7-6;;/h3-5H,1-2H2,(H,7,8);1H;/q-1;;+2/p-1. The molecule has 0 saturated heterocycles. The Morgan fingerprint density at radius 2 is 2.30 bits per heavy atom. The van der Waals surface area contributed by atoms with Crippen LogP contribution in [0.4, 0.5) is 0 Å². The quantitative estimate of drug-likeness (QED) is 0.343. The van der Waals surface area contributed by atoms with Crippen LogP contribution in [0.25, 0.3) is 0 Å². The van der Waals surface area contributed by atoms with Gasteiger partial charge in [-0.3, -0.25) is 0 Å². The summed E-state index contributed by atoms with van der Waals surface area (Å²) in [5, 5.41) is 2.57. The minimum absolute atomic E-state index is 0. The monoisotopic (exact) mass is 213 g/mol. The van der Waals surface area contributed by atoms with Crippen molar-refractivity contribution >= 4 is 29.0 Å². The van der Waals surface area contributed by atoms with Crippen molar-refractivity contribution in [2.45, 2.75) is 12.8 Å². The molecule has 1 aliphatic rings. The van der Waals surface area contributed by atoms with E-state index in [2.05, 4.69) is 5.32 Å². The molecule has 2 nitrogen and oxygen atoms in total. The van der Waals surface area contributed by atoms with Gasteiger partial charge in [-0.15, -0.1) is 0 Å². The summed E-state index contributed by atoms with van der Waals surface area (Å²) < 4.78 is 0. The fraction of sp³-hybridized carbons (Fsp3) is 0.333. The van der Waals surface area contributed by atoms with E-state index in [-0.39, 0.29) is 45.9 Å². The largest absolute Gasteiger partial charge is 2.00 e. The van der Waals surface area contributed by atoms with E-state index in [1.807, 2.05) is 6.08 Å². The summed E-state index contributed by atoms with van der Waals surface area (Å²) in [6, 6.07) is 0. The SMILES string of the molecule is O=C1[CH-]CCC=CN1.[Br-].[Mg+2]. The zero-order valence-electron chi connectivity index (χ0n) is 5.64. The zero-order chi connectivity index (χ0) is 5.82. The summed E-state index contributed by atoms with van der Waals surface area (Å²) in [5.74, 6) is 0.0127. The first-order chi connectivity index (χ1) is 3.89. The number of hydrogen-bond donors (Lipinski definition) is 1. The minimum Gasteiger partial charge on any atom is -1.00 e. The minimum atomic E-state index is 0. The average molecular weight is 214 g/mol. The Hall–Kier alpha value is 0.326. The number of rotatable bonds is 0.